The quantitative estimate of drug-likeness (QED) is 0.216. The molecule has 0 aliphatic heterocycles. The molecular formula is C23H22N4O7. The van der Waals surface area contributed by atoms with Crippen LogP contribution in [0.1, 0.15) is 36.4 Å². The summed E-state index contributed by atoms with van der Waals surface area (Å²) in [6, 6.07) is 16.2. The Morgan fingerprint density at radius 3 is 2.62 bits per heavy atom. The van der Waals surface area contributed by atoms with E-state index >= 15 is 0 Å². The van der Waals surface area contributed by atoms with Crippen molar-refractivity contribution in [2.45, 2.75) is 37.9 Å². The van der Waals surface area contributed by atoms with Gasteiger partial charge in [-0.3, -0.25) is 20.5 Å². The molecule has 34 heavy (non-hydrogen) atoms. The van der Waals surface area contributed by atoms with Gasteiger partial charge in [0.05, 0.1) is 4.92 Å². The van der Waals surface area contributed by atoms with Crippen LogP contribution in [0.25, 0.3) is 0 Å². The van der Waals surface area contributed by atoms with Crippen molar-refractivity contribution in [2.75, 3.05) is 5.32 Å². The second-order valence-electron chi connectivity index (χ2n) is 7.75. The number of ether oxygens (including phenoxy) is 3. The molecule has 1 fully saturated rings. The molecule has 1 saturated carbocycles. The van der Waals surface area contributed by atoms with E-state index in [1.165, 1.54) is 24.3 Å². The van der Waals surface area contributed by atoms with E-state index in [9.17, 15) is 19.7 Å². The molecule has 0 bridgehead atoms. The number of benzene rings is 2. The second-order valence-corrected chi connectivity index (χ2v) is 7.75. The van der Waals surface area contributed by atoms with Gasteiger partial charge in [0.1, 0.15) is 18.5 Å². The number of carbonyl (C=O) groups excluding carboxylic acids is 2. The lowest BCUT2D eigenvalue weighted by Crippen LogP contribution is -2.18. The molecule has 2 atom stereocenters. The third-order valence-corrected chi connectivity index (χ3v) is 5.38. The molecule has 0 saturated heterocycles. The zero-order valence-electron chi connectivity index (χ0n) is 18.0. The highest BCUT2D eigenvalue weighted by Crippen LogP contribution is 2.36. The Bertz CT molecular complexity index is 1150. The molecule has 4 rings (SSSR count). The fourth-order valence-electron chi connectivity index (χ4n) is 3.70. The van der Waals surface area contributed by atoms with Gasteiger partial charge in [-0.2, -0.15) is 5.10 Å². The summed E-state index contributed by atoms with van der Waals surface area (Å²) in [5, 5.41) is 20.3. The Labute approximate surface area is 194 Å². The first-order valence-corrected chi connectivity index (χ1v) is 10.6. The van der Waals surface area contributed by atoms with Crippen molar-refractivity contribution >= 4 is 23.8 Å². The predicted octanol–water partition coefficient (Wildman–Crippen LogP) is 4.92. The van der Waals surface area contributed by atoms with Crippen LogP contribution in [-0.2, 0) is 16.1 Å². The molecule has 176 valence electrons. The van der Waals surface area contributed by atoms with Crippen molar-refractivity contribution in [1.82, 2.24) is 10.2 Å². The lowest BCUT2D eigenvalue weighted by atomic mass is 10.0. The van der Waals surface area contributed by atoms with Gasteiger partial charge in [-0.05, 0) is 37.0 Å². The van der Waals surface area contributed by atoms with Gasteiger partial charge in [-0.1, -0.05) is 30.3 Å². The standard InChI is InChI=1S/C23H22N4O7/c28-22(32-14-15-4-2-1-3-5-15)24-21-13-20(25-26-21)16-6-9-19(12-16)34-23(29)33-18-10-7-17(8-11-18)27(30)31/h1-5,7-8,10-11,13,16,19H,6,9,12,14H2,(H2,24,25,26,28)/t16-,19+/m0/s1. The first-order valence-electron chi connectivity index (χ1n) is 10.6. The summed E-state index contributed by atoms with van der Waals surface area (Å²) in [7, 11) is 0. The first kappa shape index (κ1) is 22.8. The number of hydrogen-bond acceptors (Lipinski definition) is 8. The number of nitrogens with one attached hydrogen (secondary N) is 2. The van der Waals surface area contributed by atoms with Gasteiger partial charge in [0.15, 0.2) is 5.82 Å². The van der Waals surface area contributed by atoms with Crippen molar-refractivity contribution in [2.24, 2.45) is 0 Å². The molecular weight excluding hydrogens is 444 g/mol. The highest BCUT2D eigenvalue weighted by Gasteiger charge is 2.30. The average molecular weight is 466 g/mol. The fraction of sp³-hybridized carbons (Fsp3) is 0.261. The number of H-pyrrole nitrogens is 1. The predicted molar refractivity (Wildman–Crippen MR) is 119 cm³/mol. The number of carbonyl (C=O) groups is 2. The SMILES string of the molecule is O=C(Nc1cc([C@H]2CC[C@@H](OC(=O)Oc3ccc([N+](=O)[O-])cc3)C2)[nH]n1)OCc1ccccc1. The number of nitro benzene ring substituents is 1. The summed E-state index contributed by atoms with van der Waals surface area (Å²) in [4.78, 5) is 34.2. The molecule has 2 aromatic carbocycles. The number of amides is 1. The van der Waals surface area contributed by atoms with Crippen LogP contribution >= 0.6 is 0 Å². The third kappa shape index (κ3) is 6.09. The van der Waals surface area contributed by atoms with E-state index in [0.29, 0.717) is 18.7 Å². The normalized spacial score (nSPS) is 17.1. The number of aromatic amines is 1. The summed E-state index contributed by atoms with van der Waals surface area (Å²) in [5.74, 6) is 0.573. The minimum Gasteiger partial charge on any atom is -0.444 e. The highest BCUT2D eigenvalue weighted by molar-refractivity contribution is 5.83. The van der Waals surface area contributed by atoms with E-state index in [1.54, 1.807) is 6.07 Å². The maximum Gasteiger partial charge on any atom is 0.514 e. The number of hydrogen-bond donors (Lipinski definition) is 2. The van der Waals surface area contributed by atoms with Gasteiger partial charge in [0, 0.05) is 29.8 Å². The first-order chi connectivity index (χ1) is 16.5. The smallest absolute Gasteiger partial charge is 0.444 e. The molecule has 1 aliphatic rings. The van der Waals surface area contributed by atoms with Crippen molar-refractivity contribution in [3.8, 4) is 5.75 Å². The Balaban J connectivity index is 1.22. The molecule has 0 spiro atoms. The Hall–Kier alpha value is -4.41. The lowest BCUT2D eigenvalue weighted by molar-refractivity contribution is -0.384. The largest absolute Gasteiger partial charge is 0.514 e. The van der Waals surface area contributed by atoms with E-state index in [0.717, 1.165) is 17.7 Å². The van der Waals surface area contributed by atoms with Crippen LogP contribution in [0.2, 0.25) is 0 Å². The van der Waals surface area contributed by atoms with Gasteiger partial charge in [-0.25, -0.2) is 9.59 Å². The minimum absolute atomic E-state index is 0.0700. The molecule has 1 heterocycles. The number of nitrogens with zero attached hydrogens (tertiary/aromatic N) is 2. The van der Waals surface area contributed by atoms with E-state index in [1.807, 2.05) is 30.3 Å². The molecule has 0 unspecified atom stereocenters. The number of anilines is 1. The van der Waals surface area contributed by atoms with Gasteiger partial charge in [-0.15, -0.1) is 0 Å². The zero-order chi connectivity index (χ0) is 23.9. The van der Waals surface area contributed by atoms with Crippen LogP contribution in [0, 0.1) is 10.1 Å². The average Bonchev–Trinajstić information content (AvgIpc) is 3.48. The minimum atomic E-state index is -0.868. The molecule has 3 aromatic rings. The highest BCUT2D eigenvalue weighted by atomic mass is 16.7. The van der Waals surface area contributed by atoms with Gasteiger partial charge in [0.2, 0.25) is 0 Å². The second kappa shape index (κ2) is 10.5. The van der Waals surface area contributed by atoms with Gasteiger partial charge < -0.3 is 14.2 Å². The Morgan fingerprint density at radius 2 is 1.88 bits per heavy atom. The molecule has 11 heteroatoms. The van der Waals surface area contributed by atoms with Crippen LogP contribution in [0.15, 0.2) is 60.7 Å². The van der Waals surface area contributed by atoms with Crippen LogP contribution < -0.4 is 10.1 Å². The summed E-state index contributed by atoms with van der Waals surface area (Å²) in [6.07, 6.45) is 0.147. The summed E-state index contributed by atoms with van der Waals surface area (Å²) in [6.45, 7) is 0.154. The van der Waals surface area contributed by atoms with E-state index < -0.39 is 17.2 Å². The van der Waals surface area contributed by atoms with Crippen LogP contribution in [0.4, 0.5) is 21.1 Å². The van der Waals surface area contributed by atoms with Crippen molar-refractivity contribution < 1.29 is 28.7 Å². The Kier molecular flexibility index (Phi) is 7.01. The number of aromatic nitrogens is 2. The Morgan fingerprint density at radius 1 is 1.12 bits per heavy atom. The van der Waals surface area contributed by atoms with Crippen molar-refractivity contribution in [3.63, 3.8) is 0 Å². The van der Waals surface area contributed by atoms with Crippen LogP contribution in [0.3, 0.4) is 0 Å². The molecule has 1 aliphatic carbocycles. The third-order valence-electron chi connectivity index (χ3n) is 5.38. The molecule has 1 aromatic heterocycles. The number of nitro groups is 1. The van der Waals surface area contributed by atoms with Crippen molar-refractivity contribution in [3.05, 3.63) is 82.0 Å². The monoisotopic (exact) mass is 466 g/mol. The maximum absolute atomic E-state index is 12.1. The summed E-state index contributed by atoms with van der Waals surface area (Å²) >= 11 is 0. The van der Waals surface area contributed by atoms with Gasteiger partial charge >= 0.3 is 12.2 Å². The zero-order valence-corrected chi connectivity index (χ0v) is 18.0. The fourth-order valence-corrected chi connectivity index (χ4v) is 3.70. The lowest BCUT2D eigenvalue weighted by Gasteiger charge is -2.12. The maximum atomic E-state index is 12.1. The summed E-state index contributed by atoms with van der Waals surface area (Å²) < 4.78 is 15.6. The van der Waals surface area contributed by atoms with Gasteiger partial charge in [0.25, 0.3) is 5.69 Å². The summed E-state index contributed by atoms with van der Waals surface area (Å²) in [5.41, 5.74) is 1.59. The molecule has 1 amide bonds. The van der Waals surface area contributed by atoms with Crippen molar-refractivity contribution in [1.29, 1.82) is 0 Å². The molecule has 2 N–H and O–H groups in total. The molecule has 0 radical (unpaired) electrons. The van der Waals surface area contributed by atoms with E-state index in [-0.39, 0.29) is 30.1 Å². The van der Waals surface area contributed by atoms with E-state index in [4.69, 9.17) is 14.2 Å². The number of non-ortho nitro benzene ring substituents is 1. The van der Waals surface area contributed by atoms with E-state index in [2.05, 4.69) is 15.5 Å². The topological polar surface area (TPSA) is 146 Å². The van der Waals surface area contributed by atoms with Crippen LogP contribution in [0.5, 0.6) is 5.75 Å². The number of rotatable bonds is 7. The van der Waals surface area contributed by atoms with Crippen LogP contribution in [-0.4, -0.2) is 33.5 Å². The molecule has 11 nitrogen and oxygen atoms in total.